The molecule has 2 aromatic rings. The molecule has 0 saturated heterocycles. The fraction of sp³-hybridized carbons (Fsp3) is 0.294. The van der Waals surface area contributed by atoms with Crippen molar-refractivity contribution < 1.29 is 4.74 Å². The molecular weight excluding hydrogens is 270 g/mol. The third-order valence-corrected chi connectivity index (χ3v) is 3.19. The van der Waals surface area contributed by atoms with Crippen molar-refractivity contribution in [3.63, 3.8) is 0 Å². The number of nitrogens with two attached hydrogens (primary N) is 1. The fourth-order valence-corrected chi connectivity index (χ4v) is 2.29. The minimum absolute atomic E-state index is 0.240. The van der Waals surface area contributed by atoms with Gasteiger partial charge in [0.15, 0.2) is 0 Å². The van der Waals surface area contributed by atoms with Gasteiger partial charge >= 0.3 is 0 Å². The van der Waals surface area contributed by atoms with E-state index in [0.717, 1.165) is 17.5 Å². The molecule has 20 heavy (non-hydrogen) atoms. The lowest BCUT2D eigenvalue weighted by atomic mass is 9.96. The van der Waals surface area contributed by atoms with E-state index in [2.05, 4.69) is 0 Å². The first-order valence-electron chi connectivity index (χ1n) is 6.68. The van der Waals surface area contributed by atoms with E-state index in [1.54, 1.807) is 0 Å². The Hall–Kier alpha value is -1.51. The van der Waals surface area contributed by atoms with Crippen molar-refractivity contribution >= 4 is 11.6 Å². The van der Waals surface area contributed by atoms with Gasteiger partial charge in [-0.05, 0) is 43.5 Å². The summed E-state index contributed by atoms with van der Waals surface area (Å²) < 4.78 is 5.74. The Labute approximate surface area is 125 Å². The standard InChI is InChI=1S/C17H20ClNO/c1-17(2,19)11-14-8-9-16(15(18)10-14)20-12-13-6-4-3-5-7-13/h3-10H,11-12,19H2,1-2H3. The molecule has 0 fully saturated rings. The number of benzene rings is 2. The summed E-state index contributed by atoms with van der Waals surface area (Å²) >= 11 is 6.26. The molecule has 2 rings (SSSR count). The molecule has 0 aliphatic heterocycles. The van der Waals surface area contributed by atoms with E-state index in [9.17, 15) is 0 Å². The van der Waals surface area contributed by atoms with Crippen LogP contribution < -0.4 is 10.5 Å². The summed E-state index contributed by atoms with van der Waals surface area (Å²) in [5.74, 6) is 0.703. The first-order chi connectivity index (χ1) is 9.44. The maximum Gasteiger partial charge on any atom is 0.138 e. The van der Waals surface area contributed by atoms with Crippen LogP contribution >= 0.6 is 11.6 Å². The van der Waals surface area contributed by atoms with Crippen molar-refractivity contribution in [1.82, 2.24) is 0 Å². The number of halogens is 1. The zero-order valence-electron chi connectivity index (χ0n) is 11.9. The van der Waals surface area contributed by atoms with E-state index in [1.165, 1.54) is 0 Å². The van der Waals surface area contributed by atoms with Gasteiger partial charge in [-0.2, -0.15) is 0 Å². The second kappa shape index (κ2) is 6.29. The highest BCUT2D eigenvalue weighted by Crippen LogP contribution is 2.27. The van der Waals surface area contributed by atoms with E-state index in [0.29, 0.717) is 17.4 Å². The lowest BCUT2D eigenvalue weighted by molar-refractivity contribution is 0.306. The van der Waals surface area contributed by atoms with Crippen molar-refractivity contribution in [1.29, 1.82) is 0 Å². The molecule has 3 heteroatoms. The zero-order chi connectivity index (χ0) is 14.6. The summed E-state index contributed by atoms with van der Waals surface area (Å²) in [5.41, 5.74) is 8.02. The molecule has 106 valence electrons. The van der Waals surface area contributed by atoms with Crippen LogP contribution in [-0.2, 0) is 13.0 Å². The van der Waals surface area contributed by atoms with E-state index in [1.807, 2.05) is 62.4 Å². The van der Waals surface area contributed by atoms with Crippen molar-refractivity contribution in [2.24, 2.45) is 5.73 Å². The van der Waals surface area contributed by atoms with Gasteiger partial charge in [0.25, 0.3) is 0 Å². The lowest BCUT2D eigenvalue weighted by Crippen LogP contribution is -2.34. The molecule has 0 heterocycles. The predicted octanol–water partition coefficient (Wildman–Crippen LogP) is 4.20. The lowest BCUT2D eigenvalue weighted by Gasteiger charge is -2.19. The molecule has 2 nitrogen and oxygen atoms in total. The molecule has 0 bridgehead atoms. The molecule has 0 atom stereocenters. The number of ether oxygens (including phenoxy) is 1. The Morgan fingerprint density at radius 2 is 1.75 bits per heavy atom. The van der Waals surface area contributed by atoms with Crippen molar-refractivity contribution in [2.45, 2.75) is 32.4 Å². The van der Waals surface area contributed by atoms with Gasteiger partial charge in [-0.1, -0.05) is 48.0 Å². The predicted molar refractivity (Wildman–Crippen MR) is 84.2 cm³/mol. The Morgan fingerprint density at radius 1 is 1.05 bits per heavy atom. The molecule has 0 spiro atoms. The average molecular weight is 290 g/mol. The molecule has 2 N–H and O–H groups in total. The quantitative estimate of drug-likeness (QED) is 0.895. The molecule has 0 unspecified atom stereocenters. The van der Waals surface area contributed by atoms with Crippen LogP contribution in [-0.4, -0.2) is 5.54 Å². The van der Waals surface area contributed by atoms with Gasteiger partial charge in [-0.25, -0.2) is 0 Å². The van der Waals surface area contributed by atoms with Crippen LogP contribution in [0.25, 0.3) is 0 Å². The first-order valence-corrected chi connectivity index (χ1v) is 7.06. The van der Waals surface area contributed by atoms with Crippen LogP contribution in [0.4, 0.5) is 0 Å². The van der Waals surface area contributed by atoms with Crippen molar-refractivity contribution in [3.05, 3.63) is 64.7 Å². The normalized spacial score (nSPS) is 11.4. The summed E-state index contributed by atoms with van der Waals surface area (Å²) in [6.07, 6.45) is 0.783. The van der Waals surface area contributed by atoms with Crippen LogP contribution in [0.1, 0.15) is 25.0 Å². The highest BCUT2D eigenvalue weighted by molar-refractivity contribution is 6.32. The minimum atomic E-state index is -0.240. The van der Waals surface area contributed by atoms with Gasteiger partial charge in [-0.3, -0.25) is 0 Å². The summed E-state index contributed by atoms with van der Waals surface area (Å²) in [7, 11) is 0. The van der Waals surface area contributed by atoms with Gasteiger partial charge < -0.3 is 10.5 Å². The topological polar surface area (TPSA) is 35.2 Å². The van der Waals surface area contributed by atoms with Crippen LogP contribution in [0.3, 0.4) is 0 Å². The highest BCUT2D eigenvalue weighted by Gasteiger charge is 2.13. The summed E-state index contributed by atoms with van der Waals surface area (Å²) in [5, 5.41) is 0.627. The van der Waals surface area contributed by atoms with E-state index < -0.39 is 0 Å². The Morgan fingerprint density at radius 3 is 2.35 bits per heavy atom. The smallest absolute Gasteiger partial charge is 0.138 e. The fourth-order valence-electron chi connectivity index (χ4n) is 2.03. The number of rotatable bonds is 5. The average Bonchev–Trinajstić information content (AvgIpc) is 2.37. The molecule has 2 aromatic carbocycles. The third kappa shape index (κ3) is 4.55. The summed E-state index contributed by atoms with van der Waals surface area (Å²) in [6.45, 7) is 4.52. The Bertz CT molecular complexity index is 561. The van der Waals surface area contributed by atoms with Crippen molar-refractivity contribution in [3.8, 4) is 5.75 Å². The Kier molecular flexibility index (Phi) is 4.69. The van der Waals surface area contributed by atoms with E-state index in [-0.39, 0.29) is 5.54 Å². The van der Waals surface area contributed by atoms with Crippen LogP contribution in [0.2, 0.25) is 5.02 Å². The number of hydrogen-bond acceptors (Lipinski definition) is 2. The third-order valence-electron chi connectivity index (χ3n) is 2.89. The maximum atomic E-state index is 6.26. The minimum Gasteiger partial charge on any atom is -0.487 e. The second-order valence-corrected chi connectivity index (χ2v) is 6.11. The van der Waals surface area contributed by atoms with E-state index in [4.69, 9.17) is 22.1 Å². The second-order valence-electron chi connectivity index (χ2n) is 5.70. The van der Waals surface area contributed by atoms with E-state index >= 15 is 0 Å². The molecule has 0 saturated carbocycles. The SMILES string of the molecule is CC(C)(N)Cc1ccc(OCc2ccccc2)c(Cl)c1. The highest BCUT2D eigenvalue weighted by atomic mass is 35.5. The largest absolute Gasteiger partial charge is 0.487 e. The van der Waals surface area contributed by atoms with Gasteiger partial charge in [0, 0.05) is 5.54 Å². The monoisotopic (exact) mass is 289 g/mol. The number of hydrogen-bond donors (Lipinski definition) is 1. The van der Waals surface area contributed by atoms with Gasteiger partial charge in [0.05, 0.1) is 5.02 Å². The van der Waals surface area contributed by atoms with Crippen LogP contribution in [0, 0.1) is 0 Å². The molecule has 0 aromatic heterocycles. The Balaban J connectivity index is 2.03. The first kappa shape index (κ1) is 14.9. The van der Waals surface area contributed by atoms with Gasteiger partial charge in [0.1, 0.15) is 12.4 Å². The zero-order valence-corrected chi connectivity index (χ0v) is 12.7. The maximum absolute atomic E-state index is 6.26. The molecule has 0 radical (unpaired) electrons. The van der Waals surface area contributed by atoms with Crippen LogP contribution in [0.15, 0.2) is 48.5 Å². The molecule has 0 aliphatic rings. The van der Waals surface area contributed by atoms with Gasteiger partial charge in [-0.15, -0.1) is 0 Å². The molecular formula is C17H20ClNO. The van der Waals surface area contributed by atoms with Crippen LogP contribution in [0.5, 0.6) is 5.75 Å². The van der Waals surface area contributed by atoms with Gasteiger partial charge in [0.2, 0.25) is 0 Å². The summed E-state index contributed by atoms with van der Waals surface area (Å²) in [6, 6.07) is 15.9. The summed E-state index contributed by atoms with van der Waals surface area (Å²) in [4.78, 5) is 0. The molecule has 0 amide bonds. The van der Waals surface area contributed by atoms with Crippen molar-refractivity contribution in [2.75, 3.05) is 0 Å². The molecule has 0 aliphatic carbocycles.